The van der Waals surface area contributed by atoms with Crippen molar-refractivity contribution in [2.45, 2.75) is 25.3 Å². The van der Waals surface area contributed by atoms with Crippen LogP contribution in [0.2, 0.25) is 10.0 Å². The molecule has 0 aromatic heterocycles. The third-order valence-corrected chi connectivity index (χ3v) is 4.65. The number of hydrogen-bond donors (Lipinski definition) is 2. The predicted octanol–water partition coefficient (Wildman–Crippen LogP) is 2.40. The van der Waals surface area contributed by atoms with Gasteiger partial charge in [0.1, 0.15) is 4.90 Å². The summed E-state index contributed by atoms with van der Waals surface area (Å²) in [7, 11) is -3.57. The molecule has 0 fully saturated rings. The standard InChI is InChI=1S/C11H16Cl2N2O2S/c1-3-14-7-8-5-11(10(13)6-9(8)12)18(16,17)15-4-2/h5-6,14-15H,3-4,7H2,1-2H3. The summed E-state index contributed by atoms with van der Waals surface area (Å²) in [6.07, 6.45) is 0. The van der Waals surface area contributed by atoms with E-state index < -0.39 is 10.0 Å². The largest absolute Gasteiger partial charge is 0.313 e. The minimum absolute atomic E-state index is 0.0586. The fraction of sp³-hybridized carbons (Fsp3) is 0.455. The second kappa shape index (κ2) is 6.73. The van der Waals surface area contributed by atoms with Crippen molar-refractivity contribution >= 4 is 33.2 Å². The molecule has 2 N–H and O–H groups in total. The lowest BCUT2D eigenvalue weighted by molar-refractivity contribution is 0.583. The lowest BCUT2D eigenvalue weighted by Crippen LogP contribution is -2.24. The van der Waals surface area contributed by atoms with Crippen LogP contribution in [0, 0.1) is 0 Å². The summed E-state index contributed by atoms with van der Waals surface area (Å²) in [5, 5.41) is 3.67. The third kappa shape index (κ3) is 3.83. The van der Waals surface area contributed by atoms with Gasteiger partial charge in [0, 0.05) is 18.1 Å². The van der Waals surface area contributed by atoms with Crippen LogP contribution >= 0.6 is 23.2 Å². The summed E-state index contributed by atoms with van der Waals surface area (Å²) < 4.78 is 26.3. The Morgan fingerprint density at radius 2 is 1.78 bits per heavy atom. The lowest BCUT2D eigenvalue weighted by atomic mass is 10.2. The molecule has 7 heteroatoms. The molecule has 1 rings (SSSR count). The molecule has 0 aliphatic rings. The van der Waals surface area contributed by atoms with Gasteiger partial charge in [-0.25, -0.2) is 13.1 Å². The van der Waals surface area contributed by atoms with Crippen LogP contribution in [0.25, 0.3) is 0 Å². The molecule has 0 bridgehead atoms. The van der Waals surface area contributed by atoms with Crippen LogP contribution in [0.4, 0.5) is 0 Å². The van der Waals surface area contributed by atoms with Crippen molar-refractivity contribution in [3.63, 3.8) is 0 Å². The van der Waals surface area contributed by atoms with E-state index in [2.05, 4.69) is 10.0 Å². The Morgan fingerprint density at radius 1 is 1.11 bits per heavy atom. The summed E-state index contributed by atoms with van der Waals surface area (Å²) in [6, 6.07) is 2.96. The van der Waals surface area contributed by atoms with Crippen LogP contribution in [-0.4, -0.2) is 21.5 Å². The van der Waals surface area contributed by atoms with Gasteiger partial charge in [-0.3, -0.25) is 0 Å². The summed E-state index contributed by atoms with van der Waals surface area (Å²) in [4.78, 5) is 0.0586. The van der Waals surface area contributed by atoms with Gasteiger partial charge in [-0.15, -0.1) is 0 Å². The van der Waals surface area contributed by atoms with Crippen LogP contribution in [0.1, 0.15) is 19.4 Å². The first-order valence-electron chi connectivity index (χ1n) is 5.60. The number of benzene rings is 1. The molecule has 0 unspecified atom stereocenters. The van der Waals surface area contributed by atoms with Crippen molar-refractivity contribution in [1.82, 2.24) is 10.0 Å². The van der Waals surface area contributed by atoms with Gasteiger partial charge in [0.2, 0.25) is 10.0 Å². The number of rotatable bonds is 6. The van der Waals surface area contributed by atoms with Crippen molar-refractivity contribution in [2.24, 2.45) is 0 Å². The topological polar surface area (TPSA) is 58.2 Å². The summed E-state index contributed by atoms with van der Waals surface area (Å²) in [5.41, 5.74) is 0.708. The molecule has 18 heavy (non-hydrogen) atoms. The highest BCUT2D eigenvalue weighted by Crippen LogP contribution is 2.28. The molecule has 102 valence electrons. The van der Waals surface area contributed by atoms with Gasteiger partial charge in [0.25, 0.3) is 0 Å². The van der Waals surface area contributed by atoms with E-state index in [1.54, 1.807) is 6.92 Å². The molecule has 0 saturated carbocycles. The Kier molecular flexibility index (Phi) is 5.88. The highest BCUT2D eigenvalue weighted by molar-refractivity contribution is 7.89. The van der Waals surface area contributed by atoms with Crippen LogP contribution in [0.3, 0.4) is 0 Å². The minimum Gasteiger partial charge on any atom is -0.313 e. The zero-order valence-corrected chi connectivity index (χ0v) is 12.6. The van der Waals surface area contributed by atoms with E-state index in [9.17, 15) is 8.42 Å². The second-order valence-electron chi connectivity index (χ2n) is 3.66. The van der Waals surface area contributed by atoms with Crippen LogP contribution in [-0.2, 0) is 16.6 Å². The first-order valence-corrected chi connectivity index (χ1v) is 7.84. The summed E-state index contributed by atoms with van der Waals surface area (Å²) in [5.74, 6) is 0. The van der Waals surface area contributed by atoms with E-state index in [0.29, 0.717) is 23.7 Å². The van der Waals surface area contributed by atoms with E-state index in [1.807, 2.05) is 6.92 Å². The maximum atomic E-state index is 11.9. The molecule has 1 aromatic rings. The molecule has 4 nitrogen and oxygen atoms in total. The SMILES string of the molecule is CCNCc1cc(S(=O)(=O)NCC)c(Cl)cc1Cl. The summed E-state index contributed by atoms with van der Waals surface area (Å²) in [6.45, 7) is 5.25. The van der Waals surface area contributed by atoms with Crippen LogP contribution < -0.4 is 10.0 Å². The van der Waals surface area contributed by atoms with Crippen LogP contribution in [0.15, 0.2) is 17.0 Å². The summed E-state index contributed by atoms with van der Waals surface area (Å²) >= 11 is 12.0. The van der Waals surface area contributed by atoms with E-state index in [4.69, 9.17) is 23.2 Å². The molecule has 0 atom stereocenters. The van der Waals surface area contributed by atoms with Gasteiger partial charge in [-0.2, -0.15) is 0 Å². The molecule has 1 aromatic carbocycles. The third-order valence-electron chi connectivity index (χ3n) is 2.29. The predicted molar refractivity (Wildman–Crippen MR) is 74.7 cm³/mol. The van der Waals surface area contributed by atoms with E-state index in [0.717, 1.165) is 6.54 Å². The monoisotopic (exact) mass is 310 g/mol. The number of halogens is 2. The molecule has 0 heterocycles. The maximum absolute atomic E-state index is 11.9. The second-order valence-corrected chi connectivity index (χ2v) is 6.21. The normalized spacial score (nSPS) is 11.8. The van der Waals surface area contributed by atoms with Gasteiger partial charge < -0.3 is 5.32 Å². The fourth-order valence-corrected chi connectivity index (χ4v) is 3.34. The first-order chi connectivity index (χ1) is 8.42. The zero-order chi connectivity index (χ0) is 13.8. The highest BCUT2D eigenvalue weighted by Gasteiger charge is 2.19. The van der Waals surface area contributed by atoms with E-state index >= 15 is 0 Å². The minimum atomic E-state index is -3.57. The van der Waals surface area contributed by atoms with Crippen LogP contribution in [0.5, 0.6) is 0 Å². The Morgan fingerprint density at radius 3 is 2.33 bits per heavy atom. The van der Waals surface area contributed by atoms with Crippen molar-refractivity contribution in [2.75, 3.05) is 13.1 Å². The maximum Gasteiger partial charge on any atom is 0.242 e. The molecule has 0 amide bonds. The Hall–Kier alpha value is -0.330. The quantitative estimate of drug-likeness (QED) is 0.848. The number of sulfonamides is 1. The number of hydrogen-bond acceptors (Lipinski definition) is 3. The van der Waals surface area contributed by atoms with Gasteiger partial charge in [-0.05, 0) is 24.2 Å². The van der Waals surface area contributed by atoms with E-state index in [-0.39, 0.29) is 9.92 Å². The molecular weight excluding hydrogens is 295 g/mol. The average Bonchev–Trinajstić information content (AvgIpc) is 2.27. The lowest BCUT2D eigenvalue weighted by Gasteiger charge is -2.11. The first kappa shape index (κ1) is 15.7. The fourth-order valence-electron chi connectivity index (χ4n) is 1.44. The Balaban J connectivity index is 3.20. The van der Waals surface area contributed by atoms with Crippen molar-refractivity contribution in [3.8, 4) is 0 Å². The van der Waals surface area contributed by atoms with Crippen molar-refractivity contribution in [1.29, 1.82) is 0 Å². The van der Waals surface area contributed by atoms with E-state index in [1.165, 1.54) is 12.1 Å². The molecule has 0 spiro atoms. The van der Waals surface area contributed by atoms with Gasteiger partial charge in [0.15, 0.2) is 0 Å². The molecular formula is C11H16Cl2N2O2S. The molecule has 0 saturated heterocycles. The molecule has 0 radical (unpaired) electrons. The molecule has 0 aliphatic carbocycles. The highest BCUT2D eigenvalue weighted by atomic mass is 35.5. The smallest absolute Gasteiger partial charge is 0.242 e. The van der Waals surface area contributed by atoms with Gasteiger partial charge in [-0.1, -0.05) is 37.0 Å². The number of nitrogens with one attached hydrogen (secondary N) is 2. The van der Waals surface area contributed by atoms with Gasteiger partial charge >= 0.3 is 0 Å². The zero-order valence-electron chi connectivity index (χ0n) is 10.3. The van der Waals surface area contributed by atoms with Gasteiger partial charge in [0.05, 0.1) is 5.02 Å². The Labute approximate surface area is 118 Å². The Bertz CT molecular complexity index is 518. The van der Waals surface area contributed by atoms with Crippen molar-refractivity contribution < 1.29 is 8.42 Å². The average molecular weight is 311 g/mol. The van der Waals surface area contributed by atoms with Crippen molar-refractivity contribution in [3.05, 3.63) is 27.7 Å². The molecule has 0 aliphatic heterocycles.